The molecule has 1 aromatic heterocycles. The Kier molecular flexibility index (Phi) is 5.33. The van der Waals surface area contributed by atoms with Crippen LogP contribution in [0.3, 0.4) is 0 Å². The number of amides is 1. The monoisotopic (exact) mass is 342 g/mol. The summed E-state index contributed by atoms with van der Waals surface area (Å²) in [6, 6.07) is 7.11. The van der Waals surface area contributed by atoms with E-state index in [9.17, 15) is 4.79 Å². The molecule has 7 nitrogen and oxygen atoms in total. The van der Waals surface area contributed by atoms with Gasteiger partial charge in [0.1, 0.15) is 11.5 Å². The fourth-order valence-electron chi connectivity index (χ4n) is 2.95. The molecule has 1 aliphatic rings. The van der Waals surface area contributed by atoms with Crippen LogP contribution in [-0.2, 0) is 4.79 Å². The molecule has 2 aromatic rings. The normalized spacial score (nSPS) is 17.0. The van der Waals surface area contributed by atoms with E-state index < -0.39 is 0 Å². The van der Waals surface area contributed by atoms with E-state index in [1.165, 1.54) is 0 Å². The van der Waals surface area contributed by atoms with Crippen LogP contribution in [-0.4, -0.2) is 43.2 Å². The van der Waals surface area contributed by atoms with Gasteiger partial charge in [0, 0.05) is 49.4 Å². The number of methoxy groups -OCH3 is 2. The number of hydrogen-bond donors (Lipinski definition) is 1. The van der Waals surface area contributed by atoms with Gasteiger partial charge in [0.2, 0.25) is 11.9 Å². The molecule has 1 aliphatic heterocycles. The fraction of sp³-hybridized carbons (Fsp3) is 0.389. The summed E-state index contributed by atoms with van der Waals surface area (Å²) in [5.41, 5.74) is 0.661. The zero-order valence-corrected chi connectivity index (χ0v) is 14.4. The van der Waals surface area contributed by atoms with E-state index in [0.29, 0.717) is 29.7 Å². The second-order valence-corrected chi connectivity index (χ2v) is 5.92. The number of nitrogens with one attached hydrogen (secondary N) is 1. The van der Waals surface area contributed by atoms with Crippen molar-refractivity contribution in [2.75, 3.05) is 37.5 Å². The summed E-state index contributed by atoms with van der Waals surface area (Å²) in [4.78, 5) is 23.3. The van der Waals surface area contributed by atoms with E-state index in [1.807, 2.05) is 0 Å². The standard InChI is InChI=1S/C18H22N4O3/c1-24-15-9-14(10-16(11-15)25-2)21-17(23)13-5-3-8-22(12-13)18-19-6-4-7-20-18/h4,6-7,9-11,13H,3,5,8,12H2,1-2H3,(H,21,23)/t13-/m0/s1. The molecule has 1 saturated heterocycles. The fourth-order valence-corrected chi connectivity index (χ4v) is 2.95. The molecule has 0 radical (unpaired) electrons. The maximum Gasteiger partial charge on any atom is 0.229 e. The number of ether oxygens (including phenoxy) is 2. The molecule has 0 bridgehead atoms. The van der Waals surface area contributed by atoms with Crippen LogP contribution in [0.25, 0.3) is 0 Å². The molecular formula is C18H22N4O3. The lowest BCUT2D eigenvalue weighted by molar-refractivity contribution is -0.120. The number of rotatable bonds is 5. The third-order valence-electron chi connectivity index (χ3n) is 4.25. The van der Waals surface area contributed by atoms with Crippen molar-refractivity contribution in [3.8, 4) is 11.5 Å². The first-order valence-electron chi connectivity index (χ1n) is 8.25. The van der Waals surface area contributed by atoms with Crippen molar-refractivity contribution in [1.29, 1.82) is 0 Å². The predicted octanol–water partition coefficient (Wildman–Crippen LogP) is 2.35. The second kappa shape index (κ2) is 7.83. The lowest BCUT2D eigenvalue weighted by Gasteiger charge is -2.31. The summed E-state index contributed by atoms with van der Waals surface area (Å²) >= 11 is 0. The van der Waals surface area contributed by atoms with E-state index in [1.54, 1.807) is 50.9 Å². The Morgan fingerprint density at radius 2 is 1.84 bits per heavy atom. The van der Waals surface area contributed by atoms with Crippen LogP contribution >= 0.6 is 0 Å². The van der Waals surface area contributed by atoms with Crippen molar-refractivity contribution >= 4 is 17.5 Å². The van der Waals surface area contributed by atoms with Crippen molar-refractivity contribution in [2.45, 2.75) is 12.8 Å². The first-order chi connectivity index (χ1) is 12.2. The summed E-state index contributed by atoms with van der Waals surface area (Å²) in [6.45, 7) is 1.47. The average Bonchev–Trinajstić information content (AvgIpc) is 2.68. The molecule has 2 heterocycles. The molecule has 1 aromatic carbocycles. The summed E-state index contributed by atoms with van der Waals surface area (Å²) in [6.07, 6.45) is 5.21. The molecule has 0 aliphatic carbocycles. The molecular weight excluding hydrogens is 320 g/mol. The first-order valence-corrected chi connectivity index (χ1v) is 8.25. The molecule has 0 unspecified atom stereocenters. The maximum atomic E-state index is 12.7. The van der Waals surface area contributed by atoms with Gasteiger partial charge in [-0.15, -0.1) is 0 Å². The predicted molar refractivity (Wildman–Crippen MR) is 95.1 cm³/mol. The molecule has 1 N–H and O–H groups in total. The number of aromatic nitrogens is 2. The van der Waals surface area contributed by atoms with Crippen LogP contribution < -0.4 is 19.7 Å². The van der Waals surface area contributed by atoms with Crippen LogP contribution in [0.2, 0.25) is 0 Å². The number of carbonyl (C=O) groups excluding carboxylic acids is 1. The van der Waals surface area contributed by atoms with E-state index in [4.69, 9.17) is 9.47 Å². The Labute approximate surface area is 147 Å². The minimum Gasteiger partial charge on any atom is -0.497 e. The van der Waals surface area contributed by atoms with Crippen molar-refractivity contribution in [3.63, 3.8) is 0 Å². The third kappa shape index (κ3) is 4.17. The largest absolute Gasteiger partial charge is 0.497 e. The van der Waals surface area contributed by atoms with Gasteiger partial charge in [-0.05, 0) is 18.9 Å². The van der Waals surface area contributed by atoms with Crippen molar-refractivity contribution in [1.82, 2.24) is 9.97 Å². The maximum absolute atomic E-state index is 12.7. The molecule has 25 heavy (non-hydrogen) atoms. The number of piperidine rings is 1. The quantitative estimate of drug-likeness (QED) is 0.899. The lowest BCUT2D eigenvalue weighted by Crippen LogP contribution is -2.41. The van der Waals surface area contributed by atoms with Crippen LogP contribution in [0.1, 0.15) is 12.8 Å². The topological polar surface area (TPSA) is 76.6 Å². The average molecular weight is 342 g/mol. The molecule has 0 spiro atoms. The van der Waals surface area contributed by atoms with Gasteiger partial charge in [0.05, 0.1) is 20.1 Å². The summed E-state index contributed by atoms with van der Waals surface area (Å²) < 4.78 is 10.5. The van der Waals surface area contributed by atoms with Gasteiger partial charge >= 0.3 is 0 Å². The first kappa shape index (κ1) is 17.0. The molecule has 1 fully saturated rings. The molecule has 1 amide bonds. The van der Waals surface area contributed by atoms with Gasteiger partial charge in [-0.2, -0.15) is 0 Å². The van der Waals surface area contributed by atoms with Crippen LogP contribution in [0.5, 0.6) is 11.5 Å². The van der Waals surface area contributed by atoms with Gasteiger partial charge in [-0.25, -0.2) is 9.97 Å². The second-order valence-electron chi connectivity index (χ2n) is 5.92. The van der Waals surface area contributed by atoms with Crippen LogP contribution in [0, 0.1) is 5.92 Å². The highest BCUT2D eigenvalue weighted by atomic mass is 16.5. The van der Waals surface area contributed by atoms with Gasteiger partial charge in [-0.3, -0.25) is 4.79 Å². The highest BCUT2D eigenvalue weighted by Gasteiger charge is 2.27. The number of carbonyl (C=O) groups is 1. The molecule has 1 atom stereocenters. The van der Waals surface area contributed by atoms with Crippen molar-refractivity contribution < 1.29 is 14.3 Å². The van der Waals surface area contributed by atoms with Crippen LogP contribution in [0.4, 0.5) is 11.6 Å². The zero-order chi connectivity index (χ0) is 17.6. The number of nitrogens with zero attached hydrogens (tertiary/aromatic N) is 3. The van der Waals surface area contributed by atoms with Crippen LogP contribution in [0.15, 0.2) is 36.7 Å². The number of hydrogen-bond acceptors (Lipinski definition) is 6. The highest BCUT2D eigenvalue weighted by molar-refractivity contribution is 5.93. The van der Waals surface area contributed by atoms with Gasteiger partial charge in [0.25, 0.3) is 0 Å². The summed E-state index contributed by atoms with van der Waals surface area (Å²) in [5, 5.41) is 2.97. The Morgan fingerprint density at radius 1 is 1.16 bits per heavy atom. The Balaban J connectivity index is 1.68. The van der Waals surface area contributed by atoms with E-state index in [0.717, 1.165) is 19.4 Å². The minimum atomic E-state index is -0.116. The SMILES string of the molecule is COc1cc(NC(=O)[C@H]2CCCN(c3ncccn3)C2)cc(OC)c1. The van der Waals surface area contributed by atoms with Gasteiger partial charge in [0.15, 0.2) is 0 Å². The van der Waals surface area contributed by atoms with Gasteiger partial charge in [-0.1, -0.05) is 0 Å². The Morgan fingerprint density at radius 3 is 2.48 bits per heavy atom. The molecule has 0 saturated carbocycles. The molecule has 132 valence electrons. The number of benzene rings is 1. The molecule has 3 rings (SSSR count). The minimum absolute atomic E-state index is 0.0177. The van der Waals surface area contributed by atoms with E-state index in [2.05, 4.69) is 20.2 Å². The lowest BCUT2D eigenvalue weighted by atomic mass is 9.97. The summed E-state index contributed by atoms with van der Waals surface area (Å²) in [7, 11) is 3.17. The number of anilines is 2. The summed E-state index contributed by atoms with van der Waals surface area (Å²) in [5.74, 6) is 1.81. The zero-order valence-electron chi connectivity index (χ0n) is 14.4. The van der Waals surface area contributed by atoms with Crippen molar-refractivity contribution in [3.05, 3.63) is 36.7 Å². The Bertz CT molecular complexity index is 701. The molecule has 7 heteroatoms. The smallest absolute Gasteiger partial charge is 0.229 e. The highest BCUT2D eigenvalue weighted by Crippen LogP contribution is 2.27. The van der Waals surface area contributed by atoms with E-state index >= 15 is 0 Å². The third-order valence-corrected chi connectivity index (χ3v) is 4.25. The van der Waals surface area contributed by atoms with Gasteiger partial charge < -0.3 is 19.7 Å². The van der Waals surface area contributed by atoms with Crippen molar-refractivity contribution in [2.24, 2.45) is 5.92 Å². The van der Waals surface area contributed by atoms with E-state index in [-0.39, 0.29) is 11.8 Å². The Hall–Kier alpha value is -2.83.